The molecule has 0 fully saturated rings. The van der Waals surface area contributed by atoms with E-state index in [9.17, 15) is 14.4 Å². The largest absolute Gasteiger partial charge is 0.456 e. The van der Waals surface area contributed by atoms with Crippen molar-refractivity contribution < 1.29 is 19.1 Å². The van der Waals surface area contributed by atoms with Crippen LogP contribution in [0.5, 0.6) is 0 Å². The average molecular weight is 408 g/mol. The van der Waals surface area contributed by atoms with E-state index in [2.05, 4.69) is 12.2 Å². The number of carbonyl (C=O) groups excluding carboxylic acids is 3. The van der Waals surface area contributed by atoms with E-state index in [0.717, 1.165) is 12.0 Å². The Hall–Kier alpha value is -2.18. The molecule has 144 valence electrons. The van der Waals surface area contributed by atoms with Crippen LogP contribution in [0.15, 0.2) is 36.4 Å². The first-order valence-corrected chi connectivity index (χ1v) is 9.90. The number of hydrogen-bond donors (Lipinski definition) is 1. The van der Waals surface area contributed by atoms with E-state index in [-0.39, 0.29) is 37.2 Å². The Balaban J connectivity index is 1.70. The van der Waals surface area contributed by atoms with Gasteiger partial charge in [-0.15, -0.1) is 11.3 Å². The molecule has 1 aromatic heterocycles. The Morgan fingerprint density at radius 3 is 2.41 bits per heavy atom. The lowest BCUT2D eigenvalue weighted by Gasteiger charge is -2.15. The maximum absolute atomic E-state index is 11.9. The van der Waals surface area contributed by atoms with Gasteiger partial charge in [0.1, 0.15) is 0 Å². The number of nitrogens with one attached hydrogen (secondary N) is 1. The van der Waals surface area contributed by atoms with E-state index in [1.165, 1.54) is 16.9 Å². The Morgan fingerprint density at radius 2 is 1.81 bits per heavy atom. The molecule has 1 atom stereocenters. The molecule has 5 nitrogen and oxygen atoms in total. The highest BCUT2D eigenvalue weighted by atomic mass is 35.5. The van der Waals surface area contributed by atoms with Crippen LogP contribution < -0.4 is 5.32 Å². The first-order valence-electron chi connectivity index (χ1n) is 8.71. The molecule has 0 unspecified atom stereocenters. The van der Waals surface area contributed by atoms with Crippen molar-refractivity contribution in [3.63, 3.8) is 0 Å². The summed E-state index contributed by atoms with van der Waals surface area (Å²) < 4.78 is 5.47. The number of esters is 1. The van der Waals surface area contributed by atoms with E-state index in [1.54, 1.807) is 12.1 Å². The molecule has 1 heterocycles. The fraction of sp³-hybridized carbons (Fsp3) is 0.350. The highest BCUT2D eigenvalue weighted by Gasteiger charge is 2.15. The number of ether oxygens (including phenoxy) is 1. The summed E-state index contributed by atoms with van der Waals surface area (Å²) in [7, 11) is 0. The van der Waals surface area contributed by atoms with E-state index < -0.39 is 5.97 Å². The van der Waals surface area contributed by atoms with Crippen molar-refractivity contribution in [2.45, 2.75) is 39.2 Å². The van der Waals surface area contributed by atoms with Crippen LogP contribution in [0.1, 0.15) is 53.5 Å². The fourth-order valence-corrected chi connectivity index (χ4v) is 3.44. The van der Waals surface area contributed by atoms with Gasteiger partial charge < -0.3 is 10.1 Å². The lowest BCUT2D eigenvalue weighted by molar-refractivity contribution is -0.148. The Labute approximate surface area is 167 Å². The third-order valence-electron chi connectivity index (χ3n) is 4.03. The molecule has 0 saturated carbocycles. The molecule has 0 aliphatic heterocycles. The fourth-order valence-electron chi connectivity index (χ4n) is 2.43. The highest BCUT2D eigenvalue weighted by Crippen LogP contribution is 2.23. The maximum atomic E-state index is 11.9. The van der Waals surface area contributed by atoms with E-state index >= 15 is 0 Å². The molecule has 2 aromatic rings. The lowest BCUT2D eigenvalue weighted by atomic mass is 10.1. The second kappa shape index (κ2) is 10.2. The second-order valence-corrected chi connectivity index (χ2v) is 7.79. The zero-order valence-electron chi connectivity index (χ0n) is 15.3. The summed E-state index contributed by atoms with van der Waals surface area (Å²) in [4.78, 5) is 36.1. The quantitative estimate of drug-likeness (QED) is 0.495. The van der Waals surface area contributed by atoms with Gasteiger partial charge in [-0.3, -0.25) is 14.4 Å². The molecule has 0 spiro atoms. The minimum atomic E-state index is -0.582. The predicted molar refractivity (Wildman–Crippen MR) is 106 cm³/mol. The van der Waals surface area contributed by atoms with Gasteiger partial charge in [-0.05, 0) is 36.6 Å². The van der Waals surface area contributed by atoms with Crippen LogP contribution in [0.3, 0.4) is 0 Å². The second-order valence-electron chi connectivity index (χ2n) is 6.07. The van der Waals surface area contributed by atoms with E-state index in [1.807, 2.05) is 31.2 Å². The Morgan fingerprint density at radius 1 is 1.11 bits per heavy atom. The monoisotopic (exact) mass is 407 g/mol. The molecule has 0 saturated heterocycles. The molecule has 1 N–H and O–H groups in total. The van der Waals surface area contributed by atoms with Gasteiger partial charge in [-0.25, -0.2) is 0 Å². The van der Waals surface area contributed by atoms with Crippen molar-refractivity contribution in [2.24, 2.45) is 0 Å². The van der Waals surface area contributed by atoms with Crippen molar-refractivity contribution in [1.82, 2.24) is 5.32 Å². The van der Waals surface area contributed by atoms with Gasteiger partial charge in [0.25, 0.3) is 5.91 Å². The van der Waals surface area contributed by atoms with Gasteiger partial charge >= 0.3 is 5.97 Å². The molecule has 1 aromatic carbocycles. The van der Waals surface area contributed by atoms with Crippen LogP contribution in [0.4, 0.5) is 0 Å². The molecule has 0 radical (unpaired) electrons. The number of amides is 1. The highest BCUT2D eigenvalue weighted by molar-refractivity contribution is 7.18. The molecule has 2 rings (SSSR count). The normalized spacial score (nSPS) is 11.7. The number of halogens is 1. The summed E-state index contributed by atoms with van der Waals surface area (Å²) in [5.41, 5.74) is 2.21. The molecule has 0 bridgehead atoms. The van der Waals surface area contributed by atoms with Crippen LogP contribution in [-0.4, -0.2) is 24.3 Å². The predicted octanol–water partition coefficient (Wildman–Crippen LogP) is 4.35. The molecule has 0 aliphatic rings. The van der Waals surface area contributed by atoms with Gasteiger partial charge in [0.2, 0.25) is 0 Å². The van der Waals surface area contributed by atoms with Crippen molar-refractivity contribution in [1.29, 1.82) is 0 Å². The van der Waals surface area contributed by atoms with Crippen LogP contribution in [-0.2, 0) is 20.7 Å². The third kappa shape index (κ3) is 6.81. The maximum Gasteiger partial charge on any atom is 0.306 e. The minimum absolute atomic E-state index is 0.0253. The SMILES string of the molecule is CCc1ccc([C@H](C)NC(=O)COC(=O)CCC(=O)c2ccc(Cl)s2)cc1. The molecule has 7 heteroatoms. The van der Waals surface area contributed by atoms with Crippen LogP contribution in [0.2, 0.25) is 4.34 Å². The first-order chi connectivity index (χ1) is 12.9. The summed E-state index contributed by atoms with van der Waals surface area (Å²) in [6.07, 6.45) is 0.909. The van der Waals surface area contributed by atoms with Gasteiger partial charge in [0, 0.05) is 6.42 Å². The smallest absolute Gasteiger partial charge is 0.306 e. The van der Waals surface area contributed by atoms with E-state index in [0.29, 0.717) is 9.21 Å². The molecule has 27 heavy (non-hydrogen) atoms. The van der Waals surface area contributed by atoms with Gasteiger partial charge in [-0.2, -0.15) is 0 Å². The summed E-state index contributed by atoms with van der Waals surface area (Å²) in [5, 5.41) is 2.79. The van der Waals surface area contributed by atoms with Crippen LogP contribution in [0, 0.1) is 0 Å². The number of hydrogen-bond acceptors (Lipinski definition) is 5. The summed E-state index contributed by atoms with van der Waals surface area (Å²) in [6.45, 7) is 3.58. The van der Waals surface area contributed by atoms with Crippen LogP contribution in [0.25, 0.3) is 0 Å². The molecule has 1 amide bonds. The van der Waals surface area contributed by atoms with Crippen LogP contribution >= 0.6 is 22.9 Å². The van der Waals surface area contributed by atoms with Crippen molar-refractivity contribution in [2.75, 3.05) is 6.61 Å². The van der Waals surface area contributed by atoms with E-state index in [4.69, 9.17) is 16.3 Å². The summed E-state index contributed by atoms with van der Waals surface area (Å²) in [5.74, 6) is -1.13. The number of ketones is 1. The standard InChI is InChI=1S/C20H22ClNO4S/c1-3-14-4-6-15(7-5-14)13(2)22-19(24)12-26-20(25)11-8-16(23)17-9-10-18(21)27-17/h4-7,9-10,13H,3,8,11-12H2,1-2H3,(H,22,24)/t13-/m0/s1. The average Bonchev–Trinajstić information content (AvgIpc) is 3.11. The van der Waals surface area contributed by atoms with Crippen molar-refractivity contribution in [3.8, 4) is 0 Å². The van der Waals surface area contributed by atoms with Gasteiger partial charge in [0.15, 0.2) is 12.4 Å². The minimum Gasteiger partial charge on any atom is -0.456 e. The third-order valence-corrected chi connectivity index (χ3v) is 5.31. The summed E-state index contributed by atoms with van der Waals surface area (Å²) >= 11 is 6.96. The van der Waals surface area contributed by atoms with Gasteiger partial charge in [0.05, 0.1) is 21.7 Å². The molecule has 0 aliphatic carbocycles. The molecular weight excluding hydrogens is 386 g/mol. The van der Waals surface area contributed by atoms with Crippen molar-refractivity contribution >= 4 is 40.6 Å². The molecular formula is C20H22ClNO4S. The number of thiophene rings is 1. The Bertz CT molecular complexity index is 801. The summed E-state index contributed by atoms with van der Waals surface area (Å²) in [6, 6.07) is 11.1. The first kappa shape index (κ1) is 21.1. The topological polar surface area (TPSA) is 72.5 Å². The Kier molecular flexibility index (Phi) is 8.00. The number of aryl methyl sites for hydroxylation is 1. The zero-order chi connectivity index (χ0) is 19.8. The zero-order valence-corrected chi connectivity index (χ0v) is 16.9. The van der Waals surface area contributed by atoms with Crippen molar-refractivity contribution in [3.05, 3.63) is 56.7 Å². The number of rotatable bonds is 9. The number of carbonyl (C=O) groups is 3. The van der Waals surface area contributed by atoms with Gasteiger partial charge in [-0.1, -0.05) is 42.8 Å². The number of Topliss-reactive ketones (excluding diaryl/α,β-unsaturated/α-hetero) is 1. The number of benzene rings is 1. The lowest BCUT2D eigenvalue weighted by Crippen LogP contribution is -2.31.